The third-order valence-corrected chi connectivity index (χ3v) is 4.14. The third kappa shape index (κ3) is 3.18. The number of esters is 2. The lowest BCUT2D eigenvalue weighted by molar-refractivity contribution is 0.0554. The van der Waals surface area contributed by atoms with Crippen molar-refractivity contribution in [1.29, 1.82) is 0 Å². The van der Waals surface area contributed by atoms with Crippen LogP contribution in [0.25, 0.3) is 11.1 Å². The van der Waals surface area contributed by atoms with Gasteiger partial charge in [-0.2, -0.15) is 0 Å². The Kier molecular flexibility index (Phi) is 5.74. The van der Waals surface area contributed by atoms with E-state index in [1.807, 2.05) is 44.2 Å². The fourth-order valence-electron chi connectivity index (χ4n) is 3.06. The number of carbonyl (C=O) groups excluding carboxylic acids is 2. The first-order valence-corrected chi connectivity index (χ1v) is 7.99. The summed E-state index contributed by atoms with van der Waals surface area (Å²) >= 11 is 0. The lowest BCUT2D eigenvalue weighted by atomic mass is 9.86. The Bertz CT molecular complexity index is 748. The van der Waals surface area contributed by atoms with Gasteiger partial charge in [-0.1, -0.05) is 44.2 Å². The Morgan fingerprint density at radius 1 is 0.875 bits per heavy atom. The van der Waals surface area contributed by atoms with E-state index < -0.39 is 11.9 Å². The van der Waals surface area contributed by atoms with Crippen LogP contribution in [-0.4, -0.2) is 26.2 Å². The molecule has 0 aromatic heterocycles. The molecule has 0 aliphatic rings. The number of ether oxygens (including phenoxy) is 2. The second-order valence-corrected chi connectivity index (χ2v) is 5.36. The van der Waals surface area contributed by atoms with Crippen molar-refractivity contribution in [2.75, 3.05) is 14.2 Å². The highest BCUT2D eigenvalue weighted by Gasteiger charge is 2.26. The summed E-state index contributed by atoms with van der Waals surface area (Å²) in [7, 11) is 2.63. The first kappa shape index (κ1) is 17.7. The van der Waals surface area contributed by atoms with E-state index >= 15 is 0 Å². The fraction of sp³-hybridized carbons (Fsp3) is 0.300. The average Bonchev–Trinajstić information content (AvgIpc) is 2.65. The molecule has 24 heavy (non-hydrogen) atoms. The summed E-state index contributed by atoms with van der Waals surface area (Å²) in [6, 6.07) is 11.6. The van der Waals surface area contributed by atoms with E-state index in [9.17, 15) is 9.59 Å². The molecule has 2 aromatic carbocycles. The van der Waals surface area contributed by atoms with Crippen LogP contribution < -0.4 is 0 Å². The summed E-state index contributed by atoms with van der Waals surface area (Å²) < 4.78 is 9.80. The lowest BCUT2D eigenvalue weighted by Crippen LogP contribution is -2.17. The third-order valence-electron chi connectivity index (χ3n) is 4.14. The molecule has 2 rings (SSSR count). The molecule has 0 heterocycles. The maximum atomic E-state index is 12.3. The molecule has 0 aliphatic carbocycles. The van der Waals surface area contributed by atoms with Crippen molar-refractivity contribution in [3.8, 4) is 11.1 Å². The molecule has 0 saturated heterocycles. The summed E-state index contributed by atoms with van der Waals surface area (Å²) in [5.74, 6) is -1.05. The zero-order valence-corrected chi connectivity index (χ0v) is 14.5. The summed E-state index contributed by atoms with van der Waals surface area (Å²) in [6.07, 6.45) is 1.37. The molecule has 0 aliphatic heterocycles. The molecule has 0 radical (unpaired) electrons. The summed E-state index contributed by atoms with van der Waals surface area (Å²) in [4.78, 5) is 24.6. The number of carbonyl (C=O) groups is 2. The molecule has 4 heteroatoms. The van der Waals surface area contributed by atoms with Gasteiger partial charge in [0.15, 0.2) is 0 Å². The zero-order valence-electron chi connectivity index (χ0n) is 14.5. The number of rotatable bonds is 5. The molecule has 0 N–H and O–H groups in total. The molecule has 0 atom stereocenters. The van der Waals surface area contributed by atoms with Crippen LogP contribution in [0.4, 0.5) is 0 Å². The van der Waals surface area contributed by atoms with Gasteiger partial charge in [-0.25, -0.2) is 9.59 Å². The highest BCUT2D eigenvalue weighted by Crippen LogP contribution is 2.33. The van der Waals surface area contributed by atoms with E-state index in [-0.39, 0.29) is 5.56 Å². The first-order valence-electron chi connectivity index (χ1n) is 7.99. The van der Waals surface area contributed by atoms with Gasteiger partial charge in [0, 0.05) is 0 Å². The second-order valence-electron chi connectivity index (χ2n) is 5.36. The Morgan fingerprint density at radius 3 is 1.96 bits per heavy atom. The number of methoxy groups -OCH3 is 2. The quantitative estimate of drug-likeness (QED) is 0.778. The highest BCUT2D eigenvalue weighted by atomic mass is 16.5. The highest BCUT2D eigenvalue weighted by molar-refractivity contribution is 6.06. The van der Waals surface area contributed by atoms with E-state index in [0.717, 1.165) is 28.7 Å². The monoisotopic (exact) mass is 326 g/mol. The predicted molar refractivity (Wildman–Crippen MR) is 93.3 cm³/mol. The zero-order chi connectivity index (χ0) is 17.7. The van der Waals surface area contributed by atoms with Crippen molar-refractivity contribution < 1.29 is 19.1 Å². The van der Waals surface area contributed by atoms with Gasteiger partial charge in [0.2, 0.25) is 0 Å². The minimum atomic E-state index is -0.537. The normalized spacial score (nSPS) is 10.3. The number of hydrogen-bond acceptors (Lipinski definition) is 4. The van der Waals surface area contributed by atoms with Crippen LogP contribution in [0.5, 0.6) is 0 Å². The van der Waals surface area contributed by atoms with Crippen LogP contribution in [0.1, 0.15) is 45.7 Å². The molecule has 2 aromatic rings. The van der Waals surface area contributed by atoms with Crippen LogP contribution in [0.15, 0.2) is 36.4 Å². The first-order chi connectivity index (χ1) is 11.6. The molecule has 0 unspecified atom stereocenters. The van der Waals surface area contributed by atoms with E-state index in [0.29, 0.717) is 12.0 Å². The minimum absolute atomic E-state index is 0.247. The molecular formula is C20H22O4. The number of hydrogen-bond donors (Lipinski definition) is 0. The smallest absolute Gasteiger partial charge is 0.339 e. The predicted octanol–water partition coefficient (Wildman–Crippen LogP) is 4.05. The van der Waals surface area contributed by atoms with E-state index in [2.05, 4.69) is 0 Å². The van der Waals surface area contributed by atoms with Gasteiger partial charge in [-0.3, -0.25) is 0 Å². The molecular weight excluding hydrogens is 304 g/mol. The van der Waals surface area contributed by atoms with E-state index in [1.165, 1.54) is 14.2 Å². The summed E-state index contributed by atoms with van der Waals surface area (Å²) in [6.45, 7) is 4.01. The van der Waals surface area contributed by atoms with Crippen LogP contribution in [0, 0.1) is 0 Å². The molecule has 0 spiro atoms. The Hall–Kier alpha value is -2.62. The van der Waals surface area contributed by atoms with Crippen LogP contribution in [0.3, 0.4) is 0 Å². The molecule has 0 bridgehead atoms. The molecule has 4 nitrogen and oxygen atoms in total. The number of benzene rings is 2. The van der Waals surface area contributed by atoms with Gasteiger partial charge in [0.05, 0.1) is 25.3 Å². The average molecular weight is 326 g/mol. The standard InChI is InChI=1S/C20H22O4/c1-5-14-15(6-2)18(20(22)24-4)17(19(21)23-3)12-16(14)13-10-8-7-9-11-13/h7-12H,5-6H2,1-4H3. The van der Waals surface area contributed by atoms with Gasteiger partial charge in [-0.15, -0.1) is 0 Å². The molecule has 0 fully saturated rings. The van der Waals surface area contributed by atoms with Crippen LogP contribution in [0.2, 0.25) is 0 Å². The van der Waals surface area contributed by atoms with Crippen molar-refractivity contribution in [2.45, 2.75) is 26.7 Å². The molecule has 0 amide bonds. The maximum absolute atomic E-state index is 12.3. The fourth-order valence-corrected chi connectivity index (χ4v) is 3.06. The van der Waals surface area contributed by atoms with Gasteiger partial charge >= 0.3 is 11.9 Å². The minimum Gasteiger partial charge on any atom is -0.465 e. The van der Waals surface area contributed by atoms with E-state index in [1.54, 1.807) is 6.07 Å². The second kappa shape index (κ2) is 7.77. The van der Waals surface area contributed by atoms with Crippen LogP contribution >= 0.6 is 0 Å². The van der Waals surface area contributed by atoms with Crippen molar-refractivity contribution in [2.24, 2.45) is 0 Å². The SMILES string of the molecule is CCc1c(-c2ccccc2)cc(C(=O)OC)c(C(=O)OC)c1CC. The van der Waals surface area contributed by atoms with Gasteiger partial charge in [-0.05, 0) is 41.2 Å². The summed E-state index contributed by atoms with van der Waals surface area (Å²) in [5.41, 5.74) is 4.40. The van der Waals surface area contributed by atoms with Crippen molar-refractivity contribution in [1.82, 2.24) is 0 Å². The van der Waals surface area contributed by atoms with E-state index in [4.69, 9.17) is 9.47 Å². The largest absolute Gasteiger partial charge is 0.465 e. The lowest BCUT2D eigenvalue weighted by Gasteiger charge is -2.19. The topological polar surface area (TPSA) is 52.6 Å². The maximum Gasteiger partial charge on any atom is 0.339 e. The Morgan fingerprint density at radius 2 is 1.46 bits per heavy atom. The molecule has 126 valence electrons. The van der Waals surface area contributed by atoms with Crippen LogP contribution in [-0.2, 0) is 22.3 Å². The van der Waals surface area contributed by atoms with Gasteiger partial charge < -0.3 is 9.47 Å². The van der Waals surface area contributed by atoms with Crippen molar-refractivity contribution >= 4 is 11.9 Å². The summed E-state index contributed by atoms with van der Waals surface area (Å²) in [5, 5.41) is 0. The Labute approximate surface area is 142 Å². The van der Waals surface area contributed by atoms with Gasteiger partial charge in [0.1, 0.15) is 0 Å². The van der Waals surface area contributed by atoms with Crippen molar-refractivity contribution in [3.05, 3.63) is 58.7 Å². The van der Waals surface area contributed by atoms with Gasteiger partial charge in [0.25, 0.3) is 0 Å². The molecule has 0 saturated carbocycles. The van der Waals surface area contributed by atoms with Crippen molar-refractivity contribution in [3.63, 3.8) is 0 Å². The Balaban J connectivity index is 2.88.